The quantitative estimate of drug-likeness (QED) is 0.484. The van der Waals surface area contributed by atoms with E-state index in [9.17, 15) is 14.6 Å². The van der Waals surface area contributed by atoms with E-state index in [1.165, 1.54) is 0 Å². The molecule has 0 aliphatic heterocycles. The summed E-state index contributed by atoms with van der Waals surface area (Å²) in [5.74, 6) is 0. The first-order valence-electron chi connectivity index (χ1n) is 4.97. The zero-order valence-electron chi connectivity index (χ0n) is 9.79. The zero-order chi connectivity index (χ0) is 12.6. The van der Waals surface area contributed by atoms with Crippen molar-refractivity contribution < 1.29 is 4.79 Å². The van der Waals surface area contributed by atoms with Crippen LogP contribution in [0.1, 0.15) is 13.3 Å². The standard InChI is InChI=1S/C8H17N5O3/c1-4-12(9-15)8(14)13(10-16)7-5-6-11(2)3/h4-7H2,1-3H3. The van der Waals surface area contributed by atoms with E-state index in [-0.39, 0.29) is 13.1 Å². The molecule has 0 N–H and O–H groups in total. The molecule has 0 aromatic heterocycles. The van der Waals surface area contributed by atoms with Crippen molar-refractivity contribution >= 4 is 6.03 Å². The van der Waals surface area contributed by atoms with Crippen molar-refractivity contribution in [2.24, 2.45) is 10.6 Å². The van der Waals surface area contributed by atoms with Crippen LogP contribution in [0.2, 0.25) is 0 Å². The molecule has 0 spiro atoms. The maximum absolute atomic E-state index is 11.5. The smallest absolute Gasteiger partial charge is 0.309 e. The largest absolute Gasteiger partial charge is 0.365 e. The number of rotatable bonds is 7. The van der Waals surface area contributed by atoms with Gasteiger partial charge >= 0.3 is 6.03 Å². The molecule has 0 aromatic carbocycles. The lowest BCUT2D eigenvalue weighted by Crippen LogP contribution is -2.38. The van der Waals surface area contributed by atoms with Crippen molar-refractivity contribution in [2.45, 2.75) is 13.3 Å². The van der Waals surface area contributed by atoms with E-state index in [4.69, 9.17) is 0 Å². The van der Waals surface area contributed by atoms with Gasteiger partial charge in [0.05, 0.1) is 17.1 Å². The third-order valence-corrected chi connectivity index (χ3v) is 1.91. The van der Waals surface area contributed by atoms with E-state index in [1.54, 1.807) is 6.92 Å². The molecule has 2 amide bonds. The molecule has 0 heterocycles. The second-order valence-electron chi connectivity index (χ2n) is 3.44. The molecule has 8 heteroatoms. The highest BCUT2D eigenvalue weighted by molar-refractivity contribution is 5.73. The lowest BCUT2D eigenvalue weighted by atomic mass is 10.4. The van der Waals surface area contributed by atoms with E-state index in [0.717, 1.165) is 6.54 Å². The van der Waals surface area contributed by atoms with Gasteiger partial charge in [-0.15, -0.1) is 9.81 Å². The van der Waals surface area contributed by atoms with Crippen LogP contribution in [0, 0.1) is 9.81 Å². The number of amides is 2. The molecular weight excluding hydrogens is 214 g/mol. The molecule has 0 fully saturated rings. The van der Waals surface area contributed by atoms with Crippen LogP contribution in [0.4, 0.5) is 4.79 Å². The summed E-state index contributed by atoms with van der Waals surface area (Å²) < 4.78 is 0. The fourth-order valence-corrected chi connectivity index (χ4v) is 1.07. The third kappa shape index (κ3) is 4.78. The van der Waals surface area contributed by atoms with Crippen molar-refractivity contribution in [1.82, 2.24) is 14.9 Å². The van der Waals surface area contributed by atoms with Gasteiger partial charge in [-0.3, -0.25) is 0 Å². The van der Waals surface area contributed by atoms with Crippen molar-refractivity contribution in [3.8, 4) is 0 Å². The molecule has 92 valence electrons. The monoisotopic (exact) mass is 231 g/mol. The summed E-state index contributed by atoms with van der Waals surface area (Å²) >= 11 is 0. The van der Waals surface area contributed by atoms with Crippen LogP contribution in [0.15, 0.2) is 10.6 Å². The second kappa shape index (κ2) is 7.69. The number of carbonyl (C=O) groups excluding carboxylic acids is 1. The molecule has 0 aliphatic rings. The Balaban J connectivity index is 4.21. The Morgan fingerprint density at radius 2 is 1.62 bits per heavy atom. The summed E-state index contributed by atoms with van der Waals surface area (Å²) in [6.07, 6.45) is 0.598. The molecule has 0 aromatic rings. The van der Waals surface area contributed by atoms with Gasteiger partial charge in [0.2, 0.25) is 0 Å². The Labute approximate surface area is 94.1 Å². The lowest BCUT2D eigenvalue weighted by molar-refractivity contribution is 0.155. The molecular formula is C8H17N5O3. The lowest BCUT2D eigenvalue weighted by Gasteiger charge is -2.18. The third-order valence-electron chi connectivity index (χ3n) is 1.91. The Hall–Kier alpha value is -1.57. The zero-order valence-corrected chi connectivity index (χ0v) is 9.79. The van der Waals surface area contributed by atoms with E-state index in [2.05, 4.69) is 10.6 Å². The Morgan fingerprint density at radius 3 is 2.00 bits per heavy atom. The summed E-state index contributed by atoms with van der Waals surface area (Å²) in [4.78, 5) is 34.1. The molecule has 16 heavy (non-hydrogen) atoms. The number of hydrogen-bond donors (Lipinski definition) is 0. The van der Waals surface area contributed by atoms with Crippen LogP contribution in [-0.2, 0) is 0 Å². The molecule has 0 unspecified atom stereocenters. The molecule has 0 rings (SSSR count). The van der Waals surface area contributed by atoms with Crippen LogP contribution in [0.5, 0.6) is 0 Å². The first-order chi connectivity index (χ1) is 7.56. The molecule has 0 bridgehead atoms. The Kier molecular flexibility index (Phi) is 6.93. The summed E-state index contributed by atoms with van der Waals surface area (Å²) in [7, 11) is 3.76. The number of carbonyl (C=O) groups is 1. The minimum Gasteiger partial charge on any atom is -0.309 e. The first kappa shape index (κ1) is 14.4. The van der Waals surface area contributed by atoms with Crippen molar-refractivity contribution in [3.05, 3.63) is 9.81 Å². The van der Waals surface area contributed by atoms with Crippen molar-refractivity contribution in [3.63, 3.8) is 0 Å². The van der Waals surface area contributed by atoms with Crippen molar-refractivity contribution in [2.75, 3.05) is 33.7 Å². The van der Waals surface area contributed by atoms with Gasteiger partial charge in [-0.2, -0.15) is 10.0 Å². The summed E-state index contributed by atoms with van der Waals surface area (Å²) in [5.41, 5.74) is 0. The number of urea groups is 1. The number of nitrogens with zero attached hydrogens (tertiary/aromatic N) is 5. The van der Waals surface area contributed by atoms with Crippen LogP contribution < -0.4 is 0 Å². The minimum absolute atomic E-state index is 0.113. The maximum Gasteiger partial charge on any atom is 0.365 e. The summed E-state index contributed by atoms with van der Waals surface area (Å²) in [6.45, 7) is 2.59. The van der Waals surface area contributed by atoms with Gasteiger partial charge in [-0.1, -0.05) is 0 Å². The molecule has 0 aliphatic carbocycles. The van der Waals surface area contributed by atoms with Gasteiger partial charge in [-0.25, -0.2) is 4.79 Å². The molecule has 8 nitrogen and oxygen atoms in total. The van der Waals surface area contributed by atoms with Gasteiger partial charge in [0, 0.05) is 6.54 Å². The number of hydrogen-bond acceptors (Lipinski definition) is 6. The predicted molar refractivity (Wildman–Crippen MR) is 59.2 cm³/mol. The number of nitroso groups, excluding NO2 is 2. The van der Waals surface area contributed by atoms with E-state index >= 15 is 0 Å². The highest BCUT2D eigenvalue weighted by Gasteiger charge is 2.20. The van der Waals surface area contributed by atoms with Gasteiger partial charge < -0.3 is 4.90 Å². The Morgan fingerprint density at radius 1 is 1.06 bits per heavy atom. The summed E-state index contributed by atoms with van der Waals surface area (Å²) in [5, 5.41) is 6.43. The minimum atomic E-state index is -0.786. The molecule has 0 saturated carbocycles. The van der Waals surface area contributed by atoms with Gasteiger partial charge in [0.25, 0.3) is 0 Å². The average Bonchev–Trinajstić information content (AvgIpc) is 2.25. The average molecular weight is 231 g/mol. The fourth-order valence-electron chi connectivity index (χ4n) is 1.07. The maximum atomic E-state index is 11.5. The summed E-state index contributed by atoms with van der Waals surface area (Å²) in [6, 6.07) is -0.786. The highest BCUT2D eigenvalue weighted by Crippen LogP contribution is 2.02. The predicted octanol–water partition coefficient (Wildman–Crippen LogP) is 1.04. The molecule has 0 saturated heterocycles. The van der Waals surface area contributed by atoms with Crippen molar-refractivity contribution in [1.29, 1.82) is 0 Å². The SMILES string of the molecule is CCN(N=O)C(=O)N(CCCN(C)C)N=O. The Bertz CT molecular complexity index is 246. The van der Waals surface area contributed by atoms with Crippen LogP contribution in [-0.4, -0.2) is 54.7 Å². The fraction of sp³-hybridized carbons (Fsp3) is 0.875. The van der Waals surface area contributed by atoms with E-state index in [0.29, 0.717) is 16.4 Å². The van der Waals surface area contributed by atoms with Crippen LogP contribution in [0.25, 0.3) is 0 Å². The van der Waals surface area contributed by atoms with Crippen LogP contribution in [0.3, 0.4) is 0 Å². The van der Waals surface area contributed by atoms with E-state index < -0.39 is 6.03 Å². The highest BCUT2D eigenvalue weighted by atomic mass is 16.3. The second-order valence-corrected chi connectivity index (χ2v) is 3.44. The van der Waals surface area contributed by atoms with Gasteiger partial charge in [0.15, 0.2) is 0 Å². The van der Waals surface area contributed by atoms with Gasteiger partial charge in [-0.05, 0) is 34.0 Å². The van der Waals surface area contributed by atoms with E-state index in [1.807, 2.05) is 19.0 Å². The first-order valence-corrected chi connectivity index (χ1v) is 4.97. The normalized spacial score (nSPS) is 10.0. The molecule has 0 atom stereocenters. The van der Waals surface area contributed by atoms with Crippen LogP contribution >= 0.6 is 0 Å². The van der Waals surface area contributed by atoms with Gasteiger partial charge in [0.1, 0.15) is 0 Å². The topological polar surface area (TPSA) is 85.7 Å². The molecule has 0 radical (unpaired) electrons.